The minimum Gasteiger partial charge on any atom is -0.306 e. The van der Waals surface area contributed by atoms with E-state index in [2.05, 4.69) is 63.9 Å². The van der Waals surface area contributed by atoms with E-state index in [0.717, 1.165) is 15.4 Å². The molecule has 0 amide bonds. The van der Waals surface area contributed by atoms with Gasteiger partial charge in [-0.15, -0.1) is 22.7 Å². The zero-order chi connectivity index (χ0) is 14.1. The zero-order valence-electron chi connectivity index (χ0n) is 10.8. The number of benzene rings is 1. The van der Waals surface area contributed by atoms with E-state index in [1.807, 2.05) is 0 Å². The van der Waals surface area contributed by atoms with Crippen molar-refractivity contribution in [1.82, 2.24) is 5.32 Å². The van der Waals surface area contributed by atoms with Crippen LogP contribution in [0.3, 0.4) is 0 Å². The fourth-order valence-electron chi connectivity index (χ4n) is 2.30. The highest BCUT2D eigenvalue weighted by Crippen LogP contribution is 2.40. The molecule has 0 saturated carbocycles. The maximum atomic E-state index is 6.20. The van der Waals surface area contributed by atoms with Crippen LogP contribution in [0.25, 0.3) is 10.1 Å². The number of hydrogen-bond donors (Lipinski definition) is 1. The van der Waals surface area contributed by atoms with E-state index in [9.17, 15) is 0 Å². The van der Waals surface area contributed by atoms with Crippen LogP contribution >= 0.6 is 50.2 Å². The quantitative estimate of drug-likeness (QED) is 0.573. The molecule has 2 heterocycles. The third kappa shape index (κ3) is 2.68. The van der Waals surface area contributed by atoms with Gasteiger partial charge in [0.25, 0.3) is 0 Å². The Labute approximate surface area is 139 Å². The monoisotopic (exact) mass is 385 g/mol. The van der Waals surface area contributed by atoms with Crippen LogP contribution < -0.4 is 5.32 Å². The minimum atomic E-state index is 0.199. The van der Waals surface area contributed by atoms with Crippen LogP contribution in [0.15, 0.2) is 40.2 Å². The fourth-order valence-corrected chi connectivity index (χ4v) is 5.11. The molecule has 5 heteroatoms. The molecular formula is C15H13BrClNS2. The summed E-state index contributed by atoms with van der Waals surface area (Å²) in [5, 5.41) is 7.14. The van der Waals surface area contributed by atoms with Gasteiger partial charge in [0.05, 0.1) is 6.04 Å². The van der Waals surface area contributed by atoms with Gasteiger partial charge in [-0.05, 0) is 50.9 Å². The van der Waals surface area contributed by atoms with E-state index in [1.54, 1.807) is 22.7 Å². The first-order chi connectivity index (χ1) is 9.70. The number of halogens is 2. The molecule has 0 aliphatic carbocycles. The van der Waals surface area contributed by atoms with Crippen LogP contribution in [0.2, 0.25) is 4.34 Å². The summed E-state index contributed by atoms with van der Waals surface area (Å²) < 4.78 is 3.11. The zero-order valence-corrected chi connectivity index (χ0v) is 14.8. The molecule has 1 nitrogen and oxygen atoms in total. The Hall–Kier alpha value is -0.390. The molecule has 0 aliphatic heterocycles. The van der Waals surface area contributed by atoms with E-state index >= 15 is 0 Å². The topological polar surface area (TPSA) is 12.0 Å². The molecule has 0 radical (unpaired) electrons. The van der Waals surface area contributed by atoms with Crippen LogP contribution in [-0.2, 0) is 0 Å². The molecule has 1 unspecified atom stereocenters. The van der Waals surface area contributed by atoms with Crippen molar-refractivity contribution >= 4 is 60.3 Å². The lowest BCUT2D eigenvalue weighted by molar-refractivity contribution is 0.645. The van der Waals surface area contributed by atoms with E-state index in [4.69, 9.17) is 11.6 Å². The Morgan fingerprint density at radius 1 is 1.35 bits per heavy atom. The number of rotatable bonds is 4. The summed E-state index contributed by atoms with van der Waals surface area (Å²) >= 11 is 13.1. The molecular weight excluding hydrogens is 374 g/mol. The first-order valence-corrected chi connectivity index (χ1v) is 9.21. The van der Waals surface area contributed by atoms with Crippen molar-refractivity contribution in [3.05, 3.63) is 55.0 Å². The first-order valence-electron chi connectivity index (χ1n) is 6.35. The summed E-state index contributed by atoms with van der Waals surface area (Å²) in [5.74, 6) is 0. The van der Waals surface area contributed by atoms with Crippen LogP contribution in [0.5, 0.6) is 0 Å². The molecule has 3 aromatic rings. The van der Waals surface area contributed by atoms with Gasteiger partial charge in [0, 0.05) is 14.0 Å². The van der Waals surface area contributed by atoms with Gasteiger partial charge in [0.2, 0.25) is 0 Å². The average Bonchev–Trinajstić information content (AvgIpc) is 3.01. The van der Waals surface area contributed by atoms with Crippen LogP contribution in [0, 0.1) is 0 Å². The van der Waals surface area contributed by atoms with Gasteiger partial charge < -0.3 is 5.32 Å². The van der Waals surface area contributed by atoms with Crippen molar-refractivity contribution in [3.63, 3.8) is 0 Å². The van der Waals surface area contributed by atoms with Crippen molar-refractivity contribution in [2.45, 2.75) is 13.0 Å². The van der Waals surface area contributed by atoms with Crippen LogP contribution in [-0.4, -0.2) is 6.54 Å². The van der Waals surface area contributed by atoms with Gasteiger partial charge in [0.1, 0.15) is 4.34 Å². The lowest BCUT2D eigenvalue weighted by Crippen LogP contribution is -2.20. The molecule has 1 N–H and O–H groups in total. The number of nitrogens with one attached hydrogen (secondary N) is 1. The van der Waals surface area contributed by atoms with Gasteiger partial charge in [-0.2, -0.15) is 0 Å². The third-order valence-corrected chi connectivity index (χ3v) is 6.70. The lowest BCUT2D eigenvalue weighted by atomic mass is 10.0. The maximum Gasteiger partial charge on any atom is 0.107 e. The Morgan fingerprint density at radius 2 is 2.15 bits per heavy atom. The molecule has 0 bridgehead atoms. The van der Waals surface area contributed by atoms with Crippen molar-refractivity contribution in [1.29, 1.82) is 0 Å². The normalized spacial score (nSPS) is 12.9. The molecule has 0 fully saturated rings. The molecule has 0 saturated heterocycles. The van der Waals surface area contributed by atoms with E-state index < -0.39 is 0 Å². The molecule has 1 atom stereocenters. The number of thiophene rings is 2. The highest BCUT2D eigenvalue weighted by Gasteiger charge is 2.20. The fraction of sp³-hybridized carbons (Fsp3) is 0.200. The van der Waals surface area contributed by atoms with Crippen molar-refractivity contribution in [3.8, 4) is 0 Å². The molecule has 0 spiro atoms. The second-order valence-corrected chi connectivity index (χ2v) is 7.90. The second kappa shape index (κ2) is 6.16. The van der Waals surface area contributed by atoms with Gasteiger partial charge in [0.15, 0.2) is 0 Å². The van der Waals surface area contributed by atoms with E-state index in [1.165, 1.54) is 20.5 Å². The van der Waals surface area contributed by atoms with Gasteiger partial charge in [-0.3, -0.25) is 0 Å². The third-order valence-electron chi connectivity index (χ3n) is 3.18. The summed E-state index contributed by atoms with van der Waals surface area (Å²) in [7, 11) is 0. The average molecular weight is 387 g/mol. The largest absolute Gasteiger partial charge is 0.306 e. The Bertz CT molecular complexity index is 715. The molecule has 3 rings (SSSR count). The standard InChI is InChI=1S/C15H13BrClNS2/c1-2-18-14(13-7-11(16)15(17)20-13)10-8-19-12-6-4-3-5-9(10)12/h3-8,14,18H,2H2,1H3. The van der Waals surface area contributed by atoms with Crippen molar-refractivity contribution in [2.24, 2.45) is 0 Å². The summed E-state index contributed by atoms with van der Waals surface area (Å²) in [6.45, 7) is 3.05. The number of hydrogen-bond acceptors (Lipinski definition) is 3. The van der Waals surface area contributed by atoms with Crippen LogP contribution in [0.1, 0.15) is 23.4 Å². The van der Waals surface area contributed by atoms with Gasteiger partial charge in [-0.25, -0.2) is 0 Å². The van der Waals surface area contributed by atoms with Gasteiger partial charge in [-0.1, -0.05) is 36.7 Å². The summed E-state index contributed by atoms with van der Waals surface area (Å²) in [5.41, 5.74) is 1.33. The second-order valence-electron chi connectivity index (χ2n) is 4.45. The molecule has 0 aliphatic rings. The highest BCUT2D eigenvalue weighted by molar-refractivity contribution is 9.10. The predicted molar refractivity (Wildman–Crippen MR) is 94.4 cm³/mol. The van der Waals surface area contributed by atoms with Crippen molar-refractivity contribution in [2.75, 3.05) is 6.54 Å². The van der Waals surface area contributed by atoms with E-state index in [-0.39, 0.29) is 6.04 Å². The minimum absolute atomic E-state index is 0.199. The van der Waals surface area contributed by atoms with Crippen LogP contribution in [0.4, 0.5) is 0 Å². The summed E-state index contributed by atoms with van der Waals surface area (Å²) in [6.07, 6.45) is 0. The molecule has 20 heavy (non-hydrogen) atoms. The Morgan fingerprint density at radius 3 is 2.85 bits per heavy atom. The summed E-state index contributed by atoms with van der Waals surface area (Å²) in [6, 6.07) is 10.9. The summed E-state index contributed by atoms with van der Waals surface area (Å²) in [4.78, 5) is 1.24. The highest BCUT2D eigenvalue weighted by atomic mass is 79.9. The molecule has 1 aromatic carbocycles. The Kier molecular flexibility index (Phi) is 4.48. The predicted octanol–water partition coefficient (Wildman–Crippen LogP) is 6.08. The van der Waals surface area contributed by atoms with Crippen molar-refractivity contribution < 1.29 is 0 Å². The SMILES string of the molecule is CCNC(c1cc(Br)c(Cl)s1)c1csc2ccccc12. The maximum absolute atomic E-state index is 6.20. The Balaban J connectivity index is 2.10. The van der Waals surface area contributed by atoms with Gasteiger partial charge >= 0.3 is 0 Å². The van der Waals surface area contributed by atoms with E-state index in [0.29, 0.717) is 0 Å². The first kappa shape index (κ1) is 14.5. The molecule has 104 valence electrons. The molecule has 2 aromatic heterocycles. The smallest absolute Gasteiger partial charge is 0.107 e. The number of fused-ring (bicyclic) bond motifs is 1. The lowest BCUT2D eigenvalue weighted by Gasteiger charge is -2.16.